The van der Waals surface area contributed by atoms with Crippen molar-refractivity contribution in [1.82, 2.24) is 0 Å². The molecule has 0 saturated heterocycles. The molecular formula is C82H160O17P2. The molecular weight excluding hydrogens is 1320 g/mol. The van der Waals surface area contributed by atoms with Crippen LogP contribution < -0.4 is 0 Å². The molecule has 0 fully saturated rings. The van der Waals surface area contributed by atoms with Gasteiger partial charge in [-0.15, -0.1) is 0 Å². The van der Waals surface area contributed by atoms with Crippen molar-refractivity contribution in [2.45, 2.75) is 452 Å². The van der Waals surface area contributed by atoms with Crippen molar-refractivity contribution in [3.8, 4) is 0 Å². The molecule has 5 atom stereocenters. The number of hydrogen-bond donors (Lipinski definition) is 3. The van der Waals surface area contributed by atoms with E-state index in [-0.39, 0.29) is 25.7 Å². The Morgan fingerprint density at radius 2 is 0.455 bits per heavy atom. The third-order valence-electron chi connectivity index (χ3n) is 19.2. The van der Waals surface area contributed by atoms with Gasteiger partial charge in [0, 0.05) is 25.7 Å². The number of carbonyl (C=O) groups excluding carboxylic acids is 4. The molecule has 101 heavy (non-hydrogen) atoms. The quantitative estimate of drug-likeness (QED) is 0.0222. The first-order valence-electron chi connectivity index (χ1n) is 42.5. The fourth-order valence-electron chi connectivity index (χ4n) is 12.7. The normalized spacial score (nSPS) is 13.9. The van der Waals surface area contributed by atoms with Crippen LogP contribution in [0.1, 0.15) is 433 Å². The van der Waals surface area contributed by atoms with E-state index in [0.29, 0.717) is 25.7 Å². The zero-order chi connectivity index (χ0) is 74.2. The number of phosphoric ester groups is 2. The van der Waals surface area contributed by atoms with Crippen LogP contribution in [0.25, 0.3) is 0 Å². The summed E-state index contributed by atoms with van der Waals surface area (Å²) in [4.78, 5) is 73.1. The van der Waals surface area contributed by atoms with Gasteiger partial charge in [-0.05, 0) is 37.5 Å². The van der Waals surface area contributed by atoms with Crippen molar-refractivity contribution in [2.75, 3.05) is 39.6 Å². The van der Waals surface area contributed by atoms with Gasteiger partial charge in [-0.2, -0.15) is 0 Å². The first-order valence-corrected chi connectivity index (χ1v) is 45.5. The Bertz CT molecular complexity index is 1940. The molecule has 0 spiro atoms. The Morgan fingerprint density at radius 3 is 0.673 bits per heavy atom. The lowest BCUT2D eigenvalue weighted by molar-refractivity contribution is -0.161. The number of aliphatic hydroxyl groups excluding tert-OH is 1. The molecule has 0 aliphatic heterocycles. The first-order chi connectivity index (χ1) is 48.9. The fourth-order valence-corrected chi connectivity index (χ4v) is 14.3. The van der Waals surface area contributed by atoms with Crippen molar-refractivity contribution < 1.29 is 80.2 Å². The SMILES string of the molecule is CCCCCCCCCCCCCCCCCCCCCCC(=O)O[C@H](COC(=O)CCCCCCCCCCCCCCCCCCC)COP(=O)(O)OC[C@@H](O)COP(=O)(O)OC[C@@H](COC(=O)CCCCCCCCCCCC(C)C)OC(=O)CCCCCCCCCCCC(C)C. The van der Waals surface area contributed by atoms with Gasteiger partial charge in [0.2, 0.25) is 0 Å². The average molecular weight is 1480 g/mol. The molecule has 0 aromatic rings. The molecule has 19 heteroatoms. The highest BCUT2D eigenvalue weighted by molar-refractivity contribution is 7.47. The molecule has 17 nitrogen and oxygen atoms in total. The second-order valence-electron chi connectivity index (χ2n) is 30.5. The third-order valence-corrected chi connectivity index (χ3v) is 21.1. The largest absolute Gasteiger partial charge is 0.472 e. The number of phosphoric acid groups is 2. The summed E-state index contributed by atoms with van der Waals surface area (Å²) in [5.74, 6) is -0.628. The molecule has 0 bridgehead atoms. The van der Waals surface area contributed by atoms with Gasteiger partial charge >= 0.3 is 39.5 Å². The Balaban J connectivity index is 5.24. The summed E-state index contributed by atoms with van der Waals surface area (Å²) in [6.45, 7) is 9.60. The highest BCUT2D eigenvalue weighted by atomic mass is 31.2. The van der Waals surface area contributed by atoms with E-state index in [4.69, 9.17) is 37.0 Å². The number of ether oxygens (including phenoxy) is 4. The van der Waals surface area contributed by atoms with Crippen LogP contribution in [-0.4, -0.2) is 96.7 Å². The maximum atomic E-state index is 13.1. The van der Waals surface area contributed by atoms with Crippen LogP contribution in [-0.2, 0) is 65.4 Å². The number of unbranched alkanes of at least 4 members (excludes halogenated alkanes) is 51. The molecule has 3 N–H and O–H groups in total. The maximum Gasteiger partial charge on any atom is 0.472 e. The van der Waals surface area contributed by atoms with Gasteiger partial charge < -0.3 is 33.8 Å². The topological polar surface area (TPSA) is 237 Å². The third kappa shape index (κ3) is 76.1. The lowest BCUT2D eigenvalue weighted by Gasteiger charge is -2.21. The van der Waals surface area contributed by atoms with Crippen LogP contribution in [0.2, 0.25) is 0 Å². The Hall–Kier alpha value is -1.94. The molecule has 0 saturated carbocycles. The number of hydrogen-bond acceptors (Lipinski definition) is 15. The van der Waals surface area contributed by atoms with Gasteiger partial charge in [0.15, 0.2) is 12.2 Å². The zero-order valence-corrected chi connectivity index (χ0v) is 68.0. The lowest BCUT2D eigenvalue weighted by Crippen LogP contribution is -2.30. The molecule has 2 unspecified atom stereocenters. The Morgan fingerprint density at radius 1 is 0.267 bits per heavy atom. The van der Waals surface area contributed by atoms with E-state index in [2.05, 4.69) is 41.5 Å². The van der Waals surface area contributed by atoms with Crippen molar-refractivity contribution in [3.63, 3.8) is 0 Å². The van der Waals surface area contributed by atoms with Crippen LogP contribution in [0.4, 0.5) is 0 Å². The average Bonchev–Trinajstić information content (AvgIpc) is 1.01. The van der Waals surface area contributed by atoms with Crippen LogP contribution in [0.3, 0.4) is 0 Å². The lowest BCUT2D eigenvalue weighted by atomic mass is 10.0. The first kappa shape index (κ1) is 99.1. The number of aliphatic hydroxyl groups is 1. The molecule has 0 heterocycles. The zero-order valence-electron chi connectivity index (χ0n) is 66.2. The molecule has 0 radical (unpaired) electrons. The van der Waals surface area contributed by atoms with E-state index in [0.717, 1.165) is 102 Å². The van der Waals surface area contributed by atoms with E-state index in [1.807, 2.05) is 0 Å². The molecule has 0 amide bonds. The minimum absolute atomic E-state index is 0.105. The van der Waals surface area contributed by atoms with Gasteiger partial charge in [-0.1, -0.05) is 382 Å². The fraction of sp³-hybridized carbons (Fsp3) is 0.951. The van der Waals surface area contributed by atoms with Crippen molar-refractivity contribution in [3.05, 3.63) is 0 Å². The van der Waals surface area contributed by atoms with Gasteiger partial charge in [-0.25, -0.2) is 9.13 Å². The van der Waals surface area contributed by atoms with Crippen LogP contribution in [0.5, 0.6) is 0 Å². The summed E-state index contributed by atoms with van der Waals surface area (Å²) in [6.07, 6.45) is 63.9. The van der Waals surface area contributed by atoms with Crippen molar-refractivity contribution in [2.24, 2.45) is 11.8 Å². The van der Waals surface area contributed by atoms with Gasteiger partial charge in [-0.3, -0.25) is 37.3 Å². The van der Waals surface area contributed by atoms with E-state index in [1.54, 1.807) is 0 Å². The Kier molecular flexibility index (Phi) is 72.2. The van der Waals surface area contributed by atoms with E-state index >= 15 is 0 Å². The molecule has 600 valence electrons. The summed E-state index contributed by atoms with van der Waals surface area (Å²) >= 11 is 0. The molecule has 0 aromatic heterocycles. The predicted molar refractivity (Wildman–Crippen MR) is 414 cm³/mol. The minimum atomic E-state index is -4.96. The molecule has 0 rings (SSSR count). The predicted octanol–water partition coefficient (Wildman–Crippen LogP) is 24.7. The number of rotatable bonds is 81. The van der Waals surface area contributed by atoms with Crippen molar-refractivity contribution in [1.29, 1.82) is 0 Å². The highest BCUT2D eigenvalue weighted by Crippen LogP contribution is 2.45. The van der Waals surface area contributed by atoms with Gasteiger partial charge in [0.05, 0.1) is 26.4 Å². The van der Waals surface area contributed by atoms with Crippen LogP contribution >= 0.6 is 15.6 Å². The van der Waals surface area contributed by atoms with E-state index in [9.17, 15) is 43.2 Å². The Labute approximate surface area is 619 Å². The summed E-state index contributed by atoms with van der Waals surface area (Å²) in [5.41, 5.74) is 0. The molecule has 0 aromatic carbocycles. The highest BCUT2D eigenvalue weighted by Gasteiger charge is 2.30. The van der Waals surface area contributed by atoms with Crippen LogP contribution in [0.15, 0.2) is 0 Å². The molecule has 0 aliphatic carbocycles. The summed E-state index contributed by atoms with van der Waals surface area (Å²) in [7, 11) is -9.92. The summed E-state index contributed by atoms with van der Waals surface area (Å²) < 4.78 is 68.8. The minimum Gasteiger partial charge on any atom is -0.462 e. The van der Waals surface area contributed by atoms with E-state index in [1.165, 1.54) is 250 Å². The van der Waals surface area contributed by atoms with Gasteiger partial charge in [0.25, 0.3) is 0 Å². The van der Waals surface area contributed by atoms with Crippen LogP contribution in [0, 0.1) is 11.8 Å². The maximum absolute atomic E-state index is 13.1. The second kappa shape index (κ2) is 73.6. The second-order valence-corrected chi connectivity index (χ2v) is 33.4. The smallest absolute Gasteiger partial charge is 0.462 e. The molecule has 0 aliphatic rings. The van der Waals surface area contributed by atoms with Crippen molar-refractivity contribution >= 4 is 39.5 Å². The van der Waals surface area contributed by atoms with E-state index < -0.39 is 97.5 Å². The monoisotopic (exact) mass is 1480 g/mol. The summed E-state index contributed by atoms with van der Waals surface area (Å²) in [6, 6.07) is 0. The van der Waals surface area contributed by atoms with Gasteiger partial charge in [0.1, 0.15) is 19.3 Å². The number of esters is 4. The number of carbonyl (C=O) groups is 4. The standard InChI is InChI=1S/C82H160O17P2/c1-7-9-11-13-15-17-19-21-23-25-26-27-29-31-33-35-41-48-54-60-66-81(86)98-77(70-92-79(84)64-58-52-46-40-34-32-30-28-24-22-20-18-16-14-12-10-8-2)72-96-100(88,89)94-68-76(83)69-95-101(90,91)97-73-78(99-82(87)67-61-55-49-43-37-39-45-51-57-63-75(5)6)71-93-80(85)65-59-53-47-42-36-38-44-50-56-62-74(3)4/h74-78,83H,7-73H2,1-6H3,(H,88,89)(H,90,91)/t76-,77-,78-/m1/s1. The summed E-state index contributed by atoms with van der Waals surface area (Å²) in [5, 5.41) is 10.6.